The van der Waals surface area contributed by atoms with Gasteiger partial charge in [-0.05, 0) is 25.0 Å². The molecule has 0 saturated carbocycles. The minimum atomic E-state index is -0.471. The van der Waals surface area contributed by atoms with E-state index < -0.39 is 11.9 Å². The molecule has 0 unspecified atom stereocenters. The fourth-order valence-corrected chi connectivity index (χ4v) is 2.11. The van der Waals surface area contributed by atoms with Crippen LogP contribution in [0.15, 0.2) is 24.3 Å². The summed E-state index contributed by atoms with van der Waals surface area (Å²) < 4.78 is 10.3. The Kier molecular flexibility index (Phi) is 15.4. The van der Waals surface area contributed by atoms with Crippen molar-refractivity contribution in [3.63, 3.8) is 0 Å². The van der Waals surface area contributed by atoms with Crippen LogP contribution in [0.5, 0.6) is 0 Å². The van der Waals surface area contributed by atoms with Gasteiger partial charge in [-0.1, -0.05) is 78.4 Å². The first kappa shape index (κ1) is 24.2. The number of carbonyl (C=O) groups excluding carboxylic acids is 2. The molecule has 0 radical (unpaired) electrons. The number of benzene rings is 1. The Hall–Kier alpha value is -1.84. The van der Waals surface area contributed by atoms with E-state index in [2.05, 4.69) is 13.8 Å². The number of esters is 2. The van der Waals surface area contributed by atoms with Gasteiger partial charge in [0.25, 0.3) is 0 Å². The van der Waals surface area contributed by atoms with Gasteiger partial charge in [0.15, 0.2) is 0 Å². The van der Waals surface area contributed by atoms with Crippen molar-refractivity contribution in [2.75, 3.05) is 13.2 Å². The predicted octanol–water partition coefficient (Wildman–Crippen LogP) is 6.19. The summed E-state index contributed by atoms with van der Waals surface area (Å²) in [7, 11) is 0. The van der Waals surface area contributed by atoms with Crippen LogP contribution in [-0.2, 0) is 9.47 Å². The lowest BCUT2D eigenvalue weighted by Crippen LogP contribution is -2.14. The van der Waals surface area contributed by atoms with Crippen LogP contribution >= 0.6 is 0 Å². The number of ether oxygens (including phenoxy) is 2. The van der Waals surface area contributed by atoms with E-state index in [1.54, 1.807) is 24.3 Å². The Morgan fingerprint density at radius 3 is 1.31 bits per heavy atom. The minimum Gasteiger partial charge on any atom is -0.462 e. The molecule has 0 aliphatic rings. The summed E-state index contributed by atoms with van der Waals surface area (Å²) in [6.45, 7) is 9.24. The molecule has 0 aliphatic heterocycles. The van der Waals surface area contributed by atoms with Crippen molar-refractivity contribution in [2.45, 2.75) is 79.1 Å². The molecule has 0 N–H and O–H groups in total. The van der Waals surface area contributed by atoms with E-state index in [-0.39, 0.29) is 11.1 Å². The van der Waals surface area contributed by atoms with Crippen LogP contribution in [0.1, 0.15) is 99.8 Å². The van der Waals surface area contributed by atoms with Gasteiger partial charge in [-0.15, -0.1) is 0 Å². The maximum atomic E-state index is 11.9. The van der Waals surface area contributed by atoms with E-state index >= 15 is 0 Å². The van der Waals surface area contributed by atoms with Gasteiger partial charge in [0.2, 0.25) is 0 Å². The first-order valence-corrected chi connectivity index (χ1v) is 10.0. The molecule has 0 bridgehead atoms. The molecule has 1 aromatic rings. The normalized spacial score (nSPS) is 9.85. The second-order valence-corrected chi connectivity index (χ2v) is 6.23. The molecule has 26 heavy (non-hydrogen) atoms. The topological polar surface area (TPSA) is 52.6 Å². The quantitative estimate of drug-likeness (QED) is 0.347. The summed E-state index contributed by atoms with van der Waals surface area (Å²) in [5, 5.41) is 0. The van der Waals surface area contributed by atoms with Gasteiger partial charge >= 0.3 is 11.9 Å². The van der Waals surface area contributed by atoms with Crippen LogP contribution in [-0.4, -0.2) is 25.2 Å². The van der Waals surface area contributed by atoms with Crippen molar-refractivity contribution in [3.8, 4) is 0 Å². The van der Waals surface area contributed by atoms with Crippen LogP contribution in [0.2, 0.25) is 0 Å². The van der Waals surface area contributed by atoms with E-state index in [4.69, 9.17) is 9.47 Å². The highest BCUT2D eigenvalue weighted by atomic mass is 16.5. The fraction of sp³-hybridized carbons (Fsp3) is 0.636. The van der Waals surface area contributed by atoms with Gasteiger partial charge in [0, 0.05) is 0 Å². The van der Waals surface area contributed by atoms with Crippen molar-refractivity contribution in [1.29, 1.82) is 0 Å². The van der Waals surface area contributed by atoms with Crippen molar-refractivity contribution >= 4 is 11.9 Å². The lowest BCUT2D eigenvalue weighted by Gasteiger charge is -2.09. The van der Waals surface area contributed by atoms with Crippen molar-refractivity contribution in [3.05, 3.63) is 35.4 Å². The molecule has 0 saturated heterocycles. The number of carbonyl (C=O) groups is 2. The van der Waals surface area contributed by atoms with Gasteiger partial charge in [-0.2, -0.15) is 0 Å². The van der Waals surface area contributed by atoms with Crippen molar-refractivity contribution in [2.24, 2.45) is 0 Å². The highest BCUT2D eigenvalue weighted by Crippen LogP contribution is 2.12. The highest BCUT2D eigenvalue weighted by Gasteiger charge is 2.18. The standard InChI is InChI=1S/C16H22O4.C6H14/c1-3-5-11-19-15(17)13-9-7-8-10-14(13)16(18)20-12-6-4-2;1-3-5-6-4-2/h7-10H,3-6,11-12H2,1-2H3;3-6H2,1-2H3. The van der Waals surface area contributed by atoms with Crippen LogP contribution in [0.4, 0.5) is 0 Å². The molecule has 1 aromatic carbocycles. The van der Waals surface area contributed by atoms with Gasteiger partial charge in [0.1, 0.15) is 0 Å². The third-order valence-corrected chi connectivity index (χ3v) is 3.79. The molecule has 1 rings (SSSR count). The number of hydrogen-bond donors (Lipinski definition) is 0. The Morgan fingerprint density at radius 2 is 1.00 bits per heavy atom. The zero-order valence-electron chi connectivity index (χ0n) is 17.0. The molecule has 0 amide bonds. The Labute approximate surface area is 159 Å². The summed E-state index contributed by atoms with van der Waals surface area (Å²) in [5.41, 5.74) is 0.537. The summed E-state index contributed by atoms with van der Waals surface area (Å²) in [6.07, 6.45) is 9.07. The van der Waals surface area contributed by atoms with E-state index in [1.165, 1.54) is 25.7 Å². The number of rotatable bonds is 11. The van der Waals surface area contributed by atoms with Crippen molar-refractivity contribution < 1.29 is 19.1 Å². The predicted molar refractivity (Wildman–Crippen MR) is 107 cm³/mol. The van der Waals surface area contributed by atoms with Gasteiger partial charge in [0.05, 0.1) is 24.3 Å². The number of unbranched alkanes of at least 4 members (excludes halogenated alkanes) is 5. The van der Waals surface area contributed by atoms with Gasteiger partial charge in [-0.3, -0.25) is 0 Å². The van der Waals surface area contributed by atoms with Crippen LogP contribution < -0.4 is 0 Å². The molecule has 4 heteroatoms. The molecular weight excluding hydrogens is 328 g/mol. The van der Waals surface area contributed by atoms with E-state index in [9.17, 15) is 9.59 Å². The monoisotopic (exact) mass is 364 g/mol. The third kappa shape index (κ3) is 10.9. The molecule has 4 nitrogen and oxygen atoms in total. The Balaban J connectivity index is 0.000000896. The SMILES string of the molecule is CCCCCC.CCCCOC(=O)c1ccccc1C(=O)OCCCC. The molecular formula is C22H36O4. The third-order valence-electron chi connectivity index (χ3n) is 3.79. The molecule has 0 atom stereocenters. The maximum absolute atomic E-state index is 11.9. The minimum absolute atomic E-state index is 0.269. The second kappa shape index (κ2) is 16.6. The largest absolute Gasteiger partial charge is 0.462 e. The fourth-order valence-electron chi connectivity index (χ4n) is 2.11. The molecule has 0 spiro atoms. The molecule has 148 valence electrons. The van der Waals surface area contributed by atoms with E-state index in [1.807, 2.05) is 13.8 Å². The zero-order valence-corrected chi connectivity index (χ0v) is 17.0. The first-order chi connectivity index (χ1) is 12.6. The van der Waals surface area contributed by atoms with Crippen molar-refractivity contribution in [1.82, 2.24) is 0 Å². The Morgan fingerprint density at radius 1 is 0.654 bits per heavy atom. The lowest BCUT2D eigenvalue weighted by atomic mass is 10.1. The smallest absolute Gasteiger partial charge is 0.339 e. The molecule has 0 heterocycles. The van der Waals surface area contributed by atoms with Crippen LogP contribution in [0, 0.1) is 0 Å². The van der Waals surface area contributed by atoms with Crippen LogP contribution in [0.25, 0.3) is 0 Å². The van der Waals surface area contributed by atoms with Gasteiger partial charge in [-0.25, -0.2) is 9.59 Å². The molecule has 0 aromatic heterocycles. The lowest BCUT2D eigenvalue weighted by molar-refractivity contribution is 0.0452. The number of hydrogen-bond acceptors (Lipinski definition) is 4. The van der Waals surface area contributed by atoms with E-state index in [0.717, 1.165) is 25.7 Å². The molecule has 0 fully saturated rings. The summed E-state index contributed by atoms with van der Waals surface area (Å²) in [4.78, 5) is 23.9. The zero-order chi connectivity index (χ0) is 19.6. The molecule has 0 aliphatic carbocycles. The van der Waals surface area contributed by atoms with E-state index in [0.29, 0.717) is 13.2 Å². The second-order valence-electron chi connectivity index (χ2n) is 6.23. The summed E-state index contributed by atoms with van der Waals surface area (Å²) in [6, 6.07) is 6.59. The summed E-state index contributed by atoms with van der Waals surface area (Å²) in [5.74, 6) is -0.942. The maximum Gasteiger partial charge on any atom is 0.339 e. The summed E-state index contributed by atoms with van der Waals surface area (Å²) >= 11 is 0. The van der Waals surface area contributed by atoms with Gasteiger partial charge < -0.3 is 9.47 Å². The Bertz CT molecular complexity index is 452. The average molecular weight is 365 g/mol. The average Bonchev–Trinajstić information content (AvgIpc) is 2.67. The first-order valence-electron chi connectivity index (χ1n) is 10.0. The highest BCUT2D eigenvalue weighted by molar-refractivity contribution is 6.03. The van der Waals surface area contributed by atoms with Crippen LogP contribution in [0.3, 0.4) is 0 Å².